The number of piperazine rings is 1. The Hall–Kier alpha value is -2.74. The number of thiophene rings is 1. The molecule has 0 bridgehead atoms. The maximum atomic E-state index is 12.4. The molecule has 3 rings (SSSR count). The summed E-state index contributed by atoms with van der Waals surface area (Å²) in [5, 5.41) is 4.69. The second-order valence-electron chi connectivity index (χ2n) is 6.60. The first-order chi connectivity index (χ1) is 13.6. The van der Waals surface area contributed by atoms with Crippen molar-refractivity contribution in [1.29, 1.82) is 0 Å². The first-order valence-electron chi connectivity index (χ1n) is 9.40. The fourth-order valence-corrected chi connectivity index (χ4v) is 3.71. The van der Waals surface area contributed by atoms with Crippen LogP contribution in [0.1, 0.15) is 28.2 Å². The Balaban J connectivity index is 1.33. The number of hydrogen-bond acceptors (Lipinski definition) is 5. The summed E-state index contributed by atoms with van der Waals surface area (Å²) in [5.41, 5.74) is 0.760. The van der Waals surface area contributed by atoms with Crippen LogP contribution in [0.5, 0.6) is 0 Å². The fourth-order valence-electron chi connectivity index (χ4n) is 3.07. The first-order valence-corrected chi connectivity index (χ1v) is 10.3. The van der Waals surface area contributed by atoms with Crippen molar-refractivity contribution in [2.75, 3.05) is 32.7 Å². The highest BCUT2D eigenvalue weighted by Crippen LogP contribution is 2.09. The number of nitrogens with one attached hydrogen (secondary N) is 1. The molecule has 28 heavy (non-hydrogen) atoms. The highest BCUT2D eigenvalue weighted by molar-refractivity contribution is 7.12. The topological polar surface area (TPSA) is 82.6 Å². The molecule has 2 aromatic heterocycles. The highest BCUT2D eigenvalue weighted by Gasteiger charge is 2.24. The van der Waals surface area contributed by atoms with Gasteiger partial charge in [0.25, 0.3) is 5.91 Å². The lowest BCUT2D eigenvalue weighted by atomic mass is 10.2. The summed E-state index contributed by atoms with van der Waals surface area (Å²) in [4.78, 5) is 45.0. The van der Waals surface area contributed by atoms with Crippen LogP contribution in [0.2, 0.25) is 0 Å². The van der Waals surface area contributed by atoms with E-state index in [2.05, 4.69) is 10.3 Å². The summed E-state index contributed by atoms with van der Waals surface area (Å²) >= 11 is 1.40. The van der Waals surface area contributed by atoms with Gasteiger partial charge in [0.15, 0.2) is 0 Å². The summed E-state index contributed by atoms with van der Waals surface area (Å²) in [6, 6.07) is 9.15. The lowest BCUT2D eigenvalue weighted by Gasteiger charge is -2.35. The van der Waals surface area contributed by atoms with Gasteiger partial charge in [-0.1, -0.05) is 12.1 Å². The molecule has 0 spiro atoms. The van der Waals surface area contributed by atoms with Crippen molar-refractivity contribution in [3.8, 4) is 0 Å². The Labute approximate surface area is 168 Å². The van der Waals surface area contributed by atoms with E-state index in [-0.39, 0.29) is 17.7 Å². The van der Waals surface area contributed by atoms with Gasteiger partial charge in [0.1, 0.15) is 0 Å². The number of pyridine rings is 1. The normalized spacial score (nSPS) is 14.0. The third-order valence-electron chi connectivity index (χ3n) is 4.64. The second-order valence-corrected chi connectivity index (χ2v) is 7.54. The SMILES string of the molecule is O=C(NCCCC(=O)N1CCN(C(=O)Cc2ccccn2)CC1)c1cccs1. The van der Waals surface area contributed by atoms with Crippen molar-refractivity contribution in [3.05, 3.63) is 52.5 Å². The van der Waals surface area contributed by atoms with Gasteiger partial charge in [-0.25, -0.2) is 0 Å². The lowest BCUT2D eigenvalue weighted by Crippen LogP contribution is -2.51. The summed E-state index contributed by atoms with van der Waals surface area (Å²) in [6.45, 7) is 2.67. The van der Waals surface area contributed by atoms with Crippen molar-refractivity contribution in [1.82, 2.24) is 20.1 Å². The first kappa shape index (κ1) is 20.0. The molecule has 1 aliphatic heterocycles. The molecule has 148 valence electrons. The Morgan fingerprint density at radius 3 is 2.39 bits per heavy atom. The van der Waals surface area contributed by atoms with Gasteiger partial charge >= 0.3 is 0 Å². The van der Waals surface area contributed by atoms with E-state index in [9.17, 15) is 14.4 Å². The monoisotopic (exact) mass is 400 g/mol. The highest BCUT2D eigenvalue weighted by atomic mass is 32.1. The quantitative estimate of drug-likeness (QED) is 0.715. The minimum Gasteiger partial charge on any atom is -0.351 e. The maximum Gasteiger partial charge on any atom is 0.261 e. The molecule has 0 unspecified atom stereocenters. The predicted molar refractivity (Wildman–Crippen MR) is 107 cm³/mol. The minimum atomic E-state index is -0.0949. The van der Waals surface area contributed by atoms with E-state index >= 15 is 0 Å². The van der Waals surface area contributed by atoms with Gasteiger partial charge in [0.05, 0.1) is 11.3 Å². The van der Waals surface area contributed by atoms with Gasteiger partial charge in [-0.2, -0.15) is 0 Å². The molecule has 8 heteroatoms. The van der Waals surface area contributed by atoms with E-state index in [0.717, 1.165) is 5.69 Å². The number of amides is 3. The van der Waals surface area contributed by atoms with E-state index in [1.807, 2.05) is 29.6 Å². The largest absolute Gasteiger partial charge is 0.351 e. The van der Waals surface area contributed by atoms with Gasteiger partial charge < -0.3 is 15.1 Å². The summed E-state index contributed by atoms with van der Waals surface area (Å²) in [5.74, 6) is 0.0202. The molecular formula is C20H24N4O3S. The Kier molecular flexibility index (Phi) is 7.13. The smallest absolute Gasteiger partial charge is 0.261 e. The zero-order valence-electron chi connectivity index (χ0n) is 15.7. The lowest BCUT2D eigenvalue weighted by molar-refractivity contribution is -0.139. The molecule has 0 saturated carbocycles. The van der Waals surface area contributed by atoms with Crippen molar-refractivity contribution < 1.29 is 14.4 Å². The molecule has 1 N–H and O–H groups in total. The predicted octanol–water partition coefficient (Wildman–Crippen LogP) is 1.57. The van der Waals surface area contributed by atoms with Crippen LogP contribution in [0.15, 0.2) is 41.9 Å². The van der Waals surface area contributed by atoms with Crippen LogP contribution < -0.4 is 5.32 Å². The number of hydrogen-bond donors (Lipinski definition) is 1. The van der Waals surface area contributed by atoms with E-state index in [4.69, 9.17) is 0 Å². The fraction of sp³-hybridized carbons (Fsp3) is 0.400. The maximum absolute atomic E-state index is 12.4. The number of rotatable bonds is 7. The third-order valence-corrected chi connectivity index (χ3v) is 5.51. The molecule has 7 nitrogen and oxygen atoms in total. The number of nitrogens with zero attached hydrogens (tertiary/aromatic N) is 3. The second kappa shape index (κ2) is 9.98. The molecule has 0 aromatic carbocycles. The standard InChI is InChI=1S/C20H24N4O3S/c25-18(7-3-9-22-20(27)17-6-4-14-28-17)23-10-12-24(13-11-23)19(26)15-16-5-1-2-8-21-16/h1-2,4-6,8,14H,3,7,9-13,15H2,(H,22,27). The van der Waals surface area contributed by atoms with E-state index in [1.165, 1.54) is 11.3 Å². The van der Waals surface area contributed by atoms with Crippen LogP contribution >= 0.6 is 11.3 Å². The Bertz CT molecular complexity index is 787. The number of carbonyl (C=O) groups excluding carboxylic acids is 3. The van der Waals surface area contributed by atoms with E-state index < -0.39 is 0 Å². The molecule has 0 radical (unpaired) electrons. The Morgan fingerprint density at radius 1 is 1.00 bits per heavy atom. The van der Waals surface area contributed by atoms with E-state index in [1.54, 1.807) is 22.1 Å². The van der Waals surface area contributed by atoms with Gasteiger partial charge in [-0.15, -0.1) is 11.3 Å². The molecule has 1 aliphatic rings. The Morgan fingerprint density at radius 2 is 1.75 bits per heavy atom. The van der Waals surface area contributed by atoms with Crippen molar-refractivity contribution in [3.63, 3.8) is 0 Å². The van der Waals surface area contributed by atoms with Gasteiger partial charge in [0, 0.05) is 51.0 Å². The van der Waals surface area contributed by atoms with Crippen LogP contribution in [-0.2, 0) is 16.0 Å². The molecule has 1 fully saturated rings. The van der Waals surface area contributed by atoms with Crippen molar-refractivity contribution >= 4 is 29.1 Å². The molecule has 0 atom stereocenters. The van der Waals surface area contributed by atoms with Crippen LogP contribution in [0, 0.1) is 0 Å². The average molecular weight is 401 g/mol. The van der Waals surface area contributed by atoms with Crippen LogP contribution in [0.25, 0.3) is 0 Å². The average Bonchev–Trinajstić information content (AvgIpc) is 3.27. The molecule has 1 saturated heterocycles. The molecule has 3 amide bonds. The van der Waals surface area contributed by atoms with Crippen LogP contribution in [0.3, 0.4) is 0 Å². The molecular weight excluding hydrogens is 376 g/mol. The van der Waals surface area contributed by atoms with Gasteiger partial charge in [-0.3, -0.25) is 19.4 Å². The van der Waals surface area contributed by atoms with E-state index in [0.29, 0.717) is 56.9 Å². The number of carbonyl (C=O) groups is 3. The summed E-state index contributed by atoms with van der Waals surface area (Å²) in [7, 11) is 0. The van der Waals surface area contributed by atoms with Crippen LogP contribution in [0.4, 0.5) is 0 Å². The molecule has 3 heterocycles. The molecule has 2 aromatic rings. The van der Waals surface area contributed by atoms with Gasteiger partial charge in [0.2, 0.25) is 11.8 Å². The molecule has 0 aliphatic carbocycles. The summed E-state index contributed by atoms with van der Waals surface area (Å²) < 4.78 is 0. The van der Waals surface area contributed by atoms with Crippen LogP contribution in [-0.4, -0.2) is 65.2 Å². The van der Waals surface area contributed by atoms with Gasteiger partial charge in [-0.05, 0) is 30.0 Å². The third kappa shape index (κ3) is 5.63. The summed E-state index contributed by atoms with van der Waals surface area (Å²) in [6.07, 6.45) is 2.97. The number of aromatic nitrogens is 1. The van der Waals surface area contributed by atoms with Crippen molar-refractivity contribution in [2.24, 2.45) is 0 Å². The zero-order valence-corrected chi connectivity index (χ0v) is 16.5. The van der Waals surface area contributed by atoms with Crippen molar-refractivity contribution in [2.45, 2.75) is 19.3 Å². The zero-order chi connectivity index (χ0) is 19.8. The minimum absolute atomic E-state index is 0.0436.